The van der Waals surface area contributed by atoms with E-state index in [4.69, 9.17) is 4.74 Å². The molecule has 1 aliphatic heterocycles. The van der Waals surface area contributed by atoms with Gasteiger partial charge in [0.2, 0.25) is 5.91 Å². The van der Waals surface area contributed by atoms with Crippen molar-refractivity contribution in [2.24, 2.45) is 0 Å². The second-order valence-electron chi connectivity index (χ2n) is 6.16. The average molecular weight is 330 g/mol. The average Bonchev–Trinajstić information content (AvgIpc) is 2.75. The maximum atomic E-state index is 12.4. The molecule has 1 aromatic carbocycles. The van der Waals surface area contributed by atoms with E-state index in [0.717, 1.165) is 22.7 Å². The molecule has 24 heavy (non-hydrogen) atoms. The second kappa shape index (κ2) is 7.40. The van der Waals surface area contributed by atoms with Crippen molar-refractivity contribution in [1.82, 2.24) is 10.0 Å². The van der Waals surface area contributed by atoms with Gasteiger partial charge in [-0.2, -0.15) is 0 Å². The molecule has 0 aromatic heterocycles. The number of hydrogen-bond acceptors (Lipinski definition) is 5. The van der Waals surface area contributed by atoms with Crippen LogP contribution in [0.5, 0.6) is 0 Å². The Hall–Kier alpha value is -2.47. The van der Waals surface area contributed by atoms with Crippen LogP contribution in [-0.4, -0.2) is 39.9 Å². The molecule has 2 amide bonds. The molecular weight excluding hydrogens is 308 g/mol. The van der Waals surface area contributed by atoms with Crippen molar-refractivity contribution in [2.75, 3.05) is 6.61 Å². The van der Waals surface area contributed by atoms with Gasteiger partial charge in [-0.05, 0) is 26.3 Å². The lowest BCUT2D eigenvalue weighted by atomic mass is 10.0. The fourth-order valence-corrected chi connectivity index (χ4v) is 2.62. The number of carbonyl (C=O) groups excluding carboxylic acids is 3. The predicted octanol–water partition coefficient (Wildman–Crippen LogP) is 2.06. The molecule has 128 valence electrons. The summed E-state index contributed by atoms with van der Waals surface area (Å²) >= 11 is 0. The largest absolute Gasteiger partial charge is 0.463 e. The van der Waals surface area contributed by atoms with Crippen molar-refractivity contribution < 1.29 is 19.1 Å². The monoisotopic (exact) mass is 330 g/mol. The predicted molar refractivity (Wildman–Crippen MR) is 88.3 cm³/mol. The highest BCUT2D eigenvalue weighted by Crippen LogP contribution is 2.31. The molecule has 1 fully saturated rings. The number of imide groups is 1. The van der Waals surface area contributed by atoms with Crippen LogP contribution in [0.15, 0.2) is 42.5 Å². The van der Waals surface area contributed by atoms with Crippen molar-refractivity contribution >= 4 is 17.8 Å². The Morgan fingerprint density at radius 1 is 1.21 bits per heavy atom. The maximum Gasteiger partial charge on any atom is 0.330 e. The number of ether oxygens (including phenoxy) is 1. The summed E-state index contributed by atoms with van der Waals surface area (Å²) in [6.07, 6.45) is 2.36. The molecule has 6 heteroatoms. The molecule has 6 nitrogen and oxygen atoms in total. The zero-order valence-electron chi connectivity index (χ0n) is 14.2. The van der Waals surface area contributed by atoms with E-state index in [0.29, 0.717) is 6.54 Å². The first-order valence-corrected chi connectivity index (χ1v) is 7.88. The minimum atomic E-state index is -0.605. The minimum Gasteiger partial charge on any atom is -0.463 e. The van der Waals surface area contributed by atoms with E-state index < -0.39 is 17.4 Å². The second-order valence-corrected chi connectivity index (χ2v) is 6.16. The van der Waals surface area contributed by atoms with Gasteiger partial charge in [-0.25, -0.2) is 14.8 Å². The summed E-state index contributed by atoms with van der Waals surface area (Å²) in [6, 6.07) is 9.61. The van der Waals surface area contributed by atoms with Gasteiger partial charge in [-0.15, -0.1) is 0 Å². The van der Waals surface area contributed by atoms with Crippen LogP contribution in [0.3, 0.4) is 0 Å². The molecule has 0 N–H and O–H groups in total. The molecule has 1 aliphatic rings. The van der Waals surface area contributed by atoms with Gasteiger partial charge in [-0.3, -0.25) is 9.59 Å². The summed E-state index contributed by atoms with van der Waals surface area (Å²) in [5, 5.41) is 2.85. The van der Waals surface area contributed by atoms with E-state index in [1.165, 1.54) is 0 Å². The Labute approximate surface area is 141 Å². The fourth-order valence-electron chi connectivity index (χ4n) is 2.62. The summed E-state index contributed by atoms with van der Waals surface area (Å²) in [6.45, 7) is 6.17. The summed E-state index contributed by atoms with van der Waals surface area (Å²) < 4.78 is 4.75. The smallest absolute Gasteiger partial charge is 0.330 e. The third kappa shape index (κ3) is 4.08. The zero-order valence-corrected chi connectivity index (χ0v) is 14.2. The van der Waals surface area contributed by atoms with E-state index >= 15 is 0 Å². The topological polar surface area (TPSA) is 66.9 Å². The first kappa shape index (κ1) is 17.9. The van der Waals surface area contributed by atoms with E-state index in [1.807, 2.05) is 44.2 Å². The molecule has 0 atom stereocenters. The number of esters is 1. The van der Waals surface area contributed by atoms with Gasteiger partial charge in [0.1, 0.15) is 0 Å². The third-order valence-corrected chi connectivity index (χ3v) is 3.79. The van der Waals surface area contributed by atoms with E-state index in [1.54, 1.807) is 11.9 Å². The van der Waals surface area contributed by atoms with Crippen molar-refractivity contribution in [1.29, 1.82) is 0 Å². The summed E-state index contributed by atoms with van der Waals surface area (Å²) in [5.74, 6) is -1.43. The first-order valence-electron chi connectivity index (χ1n) is 7.88. The summed E-state index contributed by atoms with van der Waals surface area (Å²) in [7, 11) is 0. The van der Waals surface area contributed by atoms with Crippen LogP contribution < -0.4 is 0 Å². The highest BCUT2D eigenvalue weighted by molar-refractivity contribution is 6.04. The van der Waals surface area contributed by atoms with E-state index in [2.05, 4.69) is 0 Å². The molecule has 0 saturated carbocycles. The van der Waals surface area contributed by atoms with Crippen molar-refractivity contribution in [3.05, 3.63) is 48.0 Å². The lowest BCUT2D eigenvalue weighted by Crippen LogP contribution is -2.48. The van der Waals surface area contributed by atoms with Crippen LogP contribution in [0.2, 0.25) is 0 Å². The molecule has 0 spiro atoms. The lowest BCUT2D eigenvalue weighted by Gasteiger charge is -2.34. The van der Waals surface area contributed by atoms with Gasteiger partial charge in [0.25, 0.3) is 5.91 Å². The van der Waals surface area contributed by atoms with Crippen molar-refractivity contribution in [3.8, 4) is 0 Å². The fraction of sp³-hybridized carbons (Fsp3) is 0.389. The Bertz CT molecular complexity index is 652. The highest BCUT2D eigenvalue weighted by atomic mass is 16.5. The van der Waals surface area contributed by atoms with Crippen LogP contribution in [-0.2, 0) is 25.7 Å². The van der Waals surface area contributed by atoms with Gasteiger partial charge in [0.05, 0.1) is 6.61 Å². The standard InChI is InChI=1S/C18H22N2O4/c1-4-24-17(23)11-10-15(21)20-16(22)12-18(2,3)19(20)13-14-8-6-5-7-9-14/h5-11H,4,12-13H2,1-3H3. The Balaban J connectivity index is 2.20. The van der Waals surface area contributed by atoms with E-state index in [-0.39, 0.29) is 18.9 Å². The van der Waals surface area contributed by atoms with Crippen molar-refractivity contribution in [2.45, 2.75) is 39.3 Å². The lowest BCUT2D eigenvalue weighted by molar-refractivity contribution is -0.157. The zero-order chi connectivity index (χ0) is 17.7. The van der Waals surface area contributed by atoms with Crippen molar-refractivity contribution in [3.63, 3.8) is 0 Å². The molecule has 0 radical (unpaired) electrons. The Morgan fingerprint density at radius 3 is 2.50 bits per heavy atom. The number of carbonyl (C=O) groups is 3. The molecular formula is C18H22N2O4. The molecule has 0 aliphatic carbocycles. The normalized spacial score (nSPS) is 17.5. The number of hydrazine groups is 1. The van der Waals surface area contributed by atoms with Crippen LogP contribution in [0, 0.1) is 0 Å². The first-order chi connectivity index (χ1) is 11.3. The SMILES string of the molecule is CCOC(=O)C=CC(=O)N1C(=O)CC(C)(C)N1Cc1ccccc1. The maximum absolute atomic E-state index is 12.4. The van der Waals surface area contributed by atoms with Gasteiger partial charge in [0, 0.05) is 30.7 Å². The van der Waals surface area contributed by atoms with Gasteiger partial charge < -0.3 is 4.74 Å². The number of benzene rings is 1. The number of rotatable bonds is 5. The number of amides is 2. The van der Waals surface area contributed by atoms with Gasteiger partial charge in [0.15, 0.2) is 0 Å². The van der Waals surface area contributed by atoms with Gasteiger partial charge in [-0.1, -0.05) is 30.3 Å². The molecule has 1 aromatic rings. The van der Waals surface area contributed by atoms with Crippen LogP contribution in [0.1, 0.15) is 32.8 Å². The molecule has 1 saturated heterocycles. The molecule has 0 unspecified atom stereocenters. The van der Waals surface area contributed by atoms with Crippen LogP contribution in [0.4, 0.5) is 0 Å². The molecule has 0 bridgehead atoms. The summed E-state index contributed by atoms with van der Waals surface area (Å²) in [5.41, 5.74) is 0.507. The molecule has 1 heterocycles. The number of hydrogen-bond donors (Lipinski definition) is 0. The number of nitrogens with zero attached hydrogens (tertiary/aromatic N) is 2. The van der Waals surface area contributed by atoms with E-state index in [9.17, 15) is 14.4 Å². The summed E-state index contributed by atoms with van der Waals surface area (Å²) in [4.78, 5) is 36.1. The van der Waals surface area contributed by atoms with Gasteiger partial charge >= 0.3 is 5.97 Å². The third-order valence-electron chi connectivity index (χ3n) is 3.79. The minimum absolute atomic E-state index is 0.229. The molecule has 2 rings (SSSR count). The quantitative estimate of drug-likeness (QED) is 0.611. The Morgan fingerprint density at radius 2 is 1.88 bits per heavy atom. The highest BCUT2D eigenvalue weighted by Gasteiger charge is 2.45. The van der Waals surface area contributed by atoms with Crippen LogP contribution in [0.25, 0.3) is 0 Å². The Kier molecular flexibility index (Phi) is 5.51. The van der Waals surface area contributed by atoms with Crippen LogP contribution >= 0.6 is 0 Å².